The molecule has 1 aliphatic carbocycles. The van der Waals surface area contributed by atoms with Crippen LogP contribution < -0.4 is 51.4 Å². The molecule has 1 spiro atoms. The fourth-order valence-electron chi connectivity index (χ4n) is 2.31. The molecule has 2 fully saturated rings. The molecule has 76 valence electrons. The van der Waals surface area contributed by atoms with E-state index >= 15 is 0 Å². The Labute approximate surface area is 125 Å². The molecule has 2 aliphatic rings. The number of halogens is 3. The van der Waals surface area contributed by atoms with Crippen molar-refractivity contribution in [3.05, 3.63) is 0 Å². The van der Waals surface area contributed by atoms with Crippen molar-refractivity contribution in [1.82, 2.24) is 0 Å². The summed E-state index contributed by atoms with van der Waals surface area (Å²) in [6.07, 6.45) is 2.07. The molecule has 0 unspecified atom stereocenters. The molecule has 6 heteroatoms. The molecule has 0 N–H and O–H groups in total. The van der Waals surface area contributed by atoms with E-state index in [-0.39, 0.29) is 56.8 Å². The molecule has 1 heterocycles. The van der Waals surface area contributed by atoms with Crippen molar-refractivity contribution in [3.63, 3.8) is 0 Å². The summed E-state index contributed by atoms with van der Waals surface area (Å²) in [5, 5.41) is 0. The van der Waals surface area contributed by atoms with Crippen LogP contribution in [-0.2, 0) is 4.74 Å². The van der Waals surface area contributed by atoms with Crippen LogP contribution >= 0.6 is 0 Å². The summed E-state index contributed by atoms with van der Waals surface area (Å²) in [5.41, 5.74) is 0.137. The second kappa shape index (κ2) is 4.75. The van der Waals surface area contributed by atoms with Gasteiger partial charge < -0.3 is 17.7 Å². The minimum Gasteiger partial charge on any atom is -0.449 e. The average molecular weight is 232 g/mol. The largest absolute Gasteiger partial charge is 1.00 e. The molecular weight excluding hydrogens is 219 g/mol. The average Bonchev–Trinajstić information content (AvgIpc) is 2.00. The van der Waals surface area contributed by atoms with Gasteiger partial charge in [-0.3, -0.25) is 0 Å². The van der Waals surface area contributed by atoms with Crippen LogP contribution in [0.25, 0.3) is 0 Å². The van der Waals surface area contributed by atoms with Crippen molar-refractivity contribution in [2.75, 3.05) is 13.2 Å². The van der Waals surface area contributed by atoms with Crippen LogP contribution in [0, 0.1) is 5.41 Å². The molecule has 0 atom stereocenters. The van der Waals surface area contributed by atoms with Crippen molar-refractivity contribution in [3.8, 4) is 0 Å². The Bertz CT molecular complexity index is 195. The molecule has 1 saturated heterocycles. The van der Waals surface area contributed by atoms with Crippen LogP contribution in [0.1, 0.15) is 25.7 Å². The van der Waals surface area contributed by atoms with E-state index in [9.17, 15) is 12.9 Å². The van der Waals surface area contributed by atoms with Gasteiger partial charge in [0.05, 0.1) is 13.2 Å². The van der Waals surface area contributed by atoms with E-state index < -0.39 is 12.8 Å². The van der Waals surface area contributed by atoms with Gasteiger partial charge in [0.1, 0.15) is 0 Å². The summed E-state index contributed by atoms with van der Waals surface area (Å²) in [6.45, 7) is -3.23. The van der Waals surface area contributed by atoms with Crippen LogP contribution in [0.3, 0.4) is 0 Å². The Balaban J connectivity index is 0.000000980. The number of rotatable bonds is 1. The minimum absolute atomic E-state index is 0. The number of ether oxygens (including phenoxy) is 1. The second-order valence-electron chi connectivity index (χ2n) is 4.46. The molecule has 14 heavy (non-hydrogen) atoms. The van der Waals surface area contributed by atoms with Gasteiger partial charge in [0, 0.05) is 5.41 Å². The van der Waals surface area contributed by atoms with Gasteiger partial charge in [0.25, 0.3) is 0 Å². The van der Waals surface area contributed by atoms with E-state index in [0.29, 0.717) is 38.9 Å². The van der Waals surface area contributed by atoms with Crippen molar-refractivity contribution >= 4 is 6.98 Å². The molecular formula is C8H13BF3KO. The van der Waals surface area contributed by atoms with Crippen LogP contribution in [0.4, 0.5) is 12.9 Å². The van der Waals surface area contributed by atoms with Gasteiger partial charge in [-0.2, -0.15) is 0 Å². The van der Waals surface area contributed by atoms with Gasteiger partial charge in [0.15, 0.2) is 0 Å². The Morgan fingerprint density at radius 2 is 1.57 bits per heavy atom. The SMILES string of the molecule is F[B-](F)(F)C1CCC2(CC1)COC2.[K+]. The summed E-state index contributed by atoms with van der Waals surface area (Å²) in [7, 11) is 0. The zero-order valence-corrected chi connectivity index (χ0v) is 11.6. The topological polar surface area (TPSA) is 9.23 Å². The monoisotopic (exact) mass is 232 g/mol. The summed E-state index contributed by atoms with van der Waals surface area (Å²) < 4.78 is 42.1. The first-order valence-corrected chi connectivity index (χ1v) is 4.80. The van der Waals surface area contributed by atoms with Crippen molar-refractivity contribution in [2.24, 2.45) is 5.41 Å². The van der Waals surface area contributed by atoms with Crippen LogP contribution in [0.2, 0.25) is 5.82 Å². The first-order valence-electron chi connectivity index (χ1n) is 4.80. The Hall–Kier alpha value is 1.45. The number of hydrogen-bond acceptors (Lipinski definition) is 1. The van der Waals surface area contributed by atoms with Gasteiger partial charge in [-0.05, 0) is 12.8 Å². The Morgan fingerprint density at radius 3 is 1.86 bits per heavy atom. The zero-order valence-electron chi connectivity index (χ0n) is 8.44. The van der Waals surface area contributed by atoms with E-state index in [1.807, 2.05) is 0 Å². The number of hydrogen-bond donors (Lipinski definition) is 0. The predicted molar refractivity (Wildman–Crippen MR) is 44.5 cm³/mol. The first kappa shape index (κ1) is 13.5. The second-order valence-corrected chi connectivity index (χ2v) is 4.46. The minimum atomic E-state index is -4.60. The molecule has 0 bridgehead atoms. The molecule has 0 amide bonds. The van der Waals surface area contributed by atoms with E-state index in [2.05, 4.69) is 0 Å². The molecule has 0 aromatic heterocycles. The van der Waals surface area contributed by atoms with Crippen LogP contribution in [-0.4, -0.2) is 20.2 Å². The molecule has 0 radical (unpaired) electrons. The molecule has 2 rings (SSSR count). The standard InChI is InChI=1S/C8H13BF3O.K/c10-9(11,12)7-1-3-8(4-2-7)5-13-6-8;/h7H,1-6H2;/q-1;+1. The maximum Gasteiger partial charge on any atom is 1.00 e. The smallest absolute Gasteiger partial charge is 0.449 e. The van der Waals surface area contributed by atoms with Gasteiger partial charge in [0.2, 0.25) is 0 Å². The third-order valence-corrected chi connectivity index (χ3v) is 3.44. The molecule has 0 aromatic rings. The Kier molecular flexibility index (Phi) is 4.59. The van der Waals surface area contributed by atoms with Crippen molar-refractivity contribution in [2.45, 2.75) is 31.5 Å². The van der Waals surface area contributed by atoms with E-state index in [1.165, 1.54) is 0 Å². The van der Waals surface area contributed by atoms with Gasteiger partial charge >= 0.3 is 58.4 Å². The quantitative estimate of drug-likeness (QED) is 0.569. The third kappa shape index (κ3) is 2.77. The fourth-order valence-corrected chi connectivity index (χ4v) is 2.31. The zero-order chi connectivity index (χ0) is 9.53. The summed E-state index contributed by atoms with van der Waals surface area (Å²) in [6, 6.07) is 0. The first-order chi connectivity index (χ1) is 6.02. The van der Waals surface area contributed by atoms with E-state index in [1.54, 1.807) is 0 Å². The summed E-state index contributed by atoms with van der Waals surface area (Å²) >= 11 is 0. The van der Waals surface area contributed by atoms with Crippen LogP contribution in [0.15, 0.2) is 0 Å². The van der Waals surface area contributed by atoms with E-state index in [4.69, 9.17) is 4.74 Å². The third-order valence-electron chi connectivity index (χ3n) is 3.44. The van der Waals surface area contributed by atoms with Gasteiger partial charge in [-0.15, -0.1) is 0 Å². The van der Waals surface area contributed by atoms with Crippen LogP contribution in [0.5, 0.6) is 0 Å². The van der Waals surface area contributed by atoms with E-state index in [0.717, 1.165) is 0 Å². The normalized spacial score (nSPS) is 26.8. The Morgan fingerprint density at radius 1 is 1.07 bits per heavy atom. The van der Waals surface area contributed by atoms with Gasteiger partial charge in [-0.25, -0.2) is 0 Å². The summed E-state index contributed by atoms with van der Waals surface area (Å²) in [5.74, 6) is -0.994. The van der Waals surface area contributed by atoms with Crippen molar-refractivity contribution in [1.29, 1.82) is 0 Å². The molecule has 1 saturated carbocycles. The molecule has 0 aromatic carbocycles. The predicted octanol–water partition coefficient (Wildman–Crippen LogP) is -0.201. The fraction of sp³-hybridized carbons (Fsp3) is 1.00. The van der Waals surface area contributed by atoms with Crippen molar-refractivity contribution < 1.29 is 69.1 Å². The summed E-state index contributed by atoms with van der Waals surface area (Å²) in [4.78, 5) is 0. The molecule has 1 aliphatic heterocycles. The van der Waals surface area contributed by atoms with Gasteiger partial charge in [-0.1, -0.05) is 18.7 Å². The maximum absolute atomic E-state index is 12.3. The maximum atomic E-state index is 12.3. The molecule has 1 nitrogen and oxygen atoms in total.